The molecule has 0 aromatic heterocycles. The van der Waals surface area contributed by atoms with Gasteiger partial charge in [0.2, 0.25) is 0 Å². The van der Waals surface area contributed by atoms with Crippen LogP contribution in [0.2, 0.25) is 0 Å². The summed E-state index contributed by atoms with van der Waals surface area (Å²) in [5, 5.41) is 0. The Labute approximate surface area is 155 Å². The summed E-state index contributed by atoms with van der Waals surface area (Å²) in [5.74, 6) is 0. The van der Waals surface area contributed by atoms with E-state index in [0.29, 0.717) is 0 Å². The summed E-state index contributed by atoms with van der Waals surface area (Å²) in [4.78, 5) is 5.00. The van der Waals surface area contributed by atoms with Crippen molar-refractivity contribution in [2.24, 2.45) is 0 Å². The van der Waals surface area contributed by atoms with Crippen LogP contribution in [0.25, 0.3) is 0 Å². The van der Waals surface area contributed by atoms with E-state index in [9.17, 15) is 0 Å². The van der Waals surface area contributed by atoms with Gasteiger partial charge in [-0.15, -0.1) is 0 Å². The molecule has 0 N–H and O–H groups in total. The number of hydrogen-bond donors (Lipinski definition) is 0. The van der Waals surface area contributed by atoms with Crippen LogP contribution < -0.4 is 9.80 Å². The maximum absolute atomic E-state index is 3.60. The SMILES string of the molecule is Cc1cc(Br)cc(C)c1N1CCN(c2c(C)cc(Br)cc2C)C1. The quantitative estimate of drug-likeness (QED) is 0.591. The largest absolute Gasteiger partial charge is 0.352 e. The highest BCUT2D eigenvalue weighted by Gasteiger charge is 2.25. The van der Waals surface area contributed by atoms with Gasteiger partial charge in [-0.25, -0.2) is 0 Å². The Bertz CT molecular complexity index is 646. The van der Waals surface area contributed by atoms with Gasteiger partial charge >= 0.3 is 0 Å². The molecule has 0 aliphatic carbocycles. The monoisotopic (exact) mass is 436 g/mol. The summed E-state index contributed by atoms with van der Waals surface area (Å²) in [6.45, 7) is 11.9. The predicted molar refractivity (Wildman–Crippen MR) is 107 cm³/mol. The predicted octanol–water partition coefficient (Wildman–Crippen LogP) is 5.73. The van der Waals surface area contributed by atoms with Crippen molar-refractivity contribution in [2.45, 2.75) is 27.7 Å². The molecule has 1 aliphatic rings. The van der Waals surface area contributed by atoms with E-state index < -0.39 is 0 Å². The minimum Gasteiger partial charge on any atom is -0.352 e. The van der Waals surface area contributed by atoms with Crippen LogP contribution >= 0.6 is 31.9 Å². The van der Waals surface area contributed by atoms with E-state index in [0.717, 1.165) is 28.7 Å². The van der Waals surface area contributed by atoms with Crippen molar-refractivity contribution >= 4 is 43.2 Å². The first kappa shape index (κ1) is 16.8. The fourth-order valence-corrected chi connectivity index (χ4v) is 5.13. The fourth-order valence-electron chi connectivity index (χ4n) is 3.76. The molecule has 4 heteroatoms. The third kappa shape index (κ3) is 3.29. The Kier molecular flexibility index (Phi) is 4.75. The van der Waals surface area contributed by atoms with E-state index in [1.807, 2.05) is 0 Å². The van der Waals surface area contributed by atoms with Crippen LogP contribution in [0, 0.1) is 27.7 Å². The molecular formula is C19H22Br2N2. The zero-order valence-electron chi connectivity index (χ0n) is 14.1. The summed E-state index contributed by atoms with van der Waals surface area (Å²) < 4.78 is 2.32. The molecule has 0 unspecified atom stereocenters. The number of nitrogens with zero attached hydrogens (tertiary/aromatic N) is 2. The molecule has 1 saturated heterocycles. The van der Waals surface area contributed by atoms with Crippen LogP contribution in [0.3, 0.4) is 0 Å². The molecule has 0 amide bonds. The molecule has 23 heavy (non-hydrogen) atoms. The lowest BCUT2D eigenvalue weighted by atomic mass is 10.1. The van der Waals surface area contributed by atoms with Crippen LogP contribution in [-0.4, -0.2) is 19.8 Å². The van der Waals surface area contributed by atoms with Gasteiger partial charge in [0.25, 0.3) is 0 Å². The van der Waals surface area contributed by atoms with Crippen molar-refractivity contribution in [2.75, 3.05) is 29.6 Å². The lowest BCUT2D eigenvalue weighted by Gasteiger charge is -2.26. The van der Waals surface area contributed by atoms with Gasteiger partial charge in [0.1, 0.15) is 0 Å². The van der Waals surface area contributed by atoms with Gasteiger partial charge in [-0.05, 0) is 74.2 Å². The van der Waals surface area contributed by atoms with Crippen LogP contribution in [0.1, 0.15) is 22.3 Å². The first-order valence-electron chi connectivity index (χ1n) is 7.90. The number of halogens is 2. The van der Waals surface area contributed by atoms with E-state index in [1.165, 1.54) is 33.6 Å². The molecule has 0 spiro atoms. The molecule has 2 nitrogen and oxygen atoms in total. The van der Waals surface area contributed by atoms with E-state index in [1.54, 1.807) is 0 Å². The van der Waals surface area contributed by atoms with Crippen molar-refractivity contribution in [1.82, 2.24) is 0 Å². The number of anilines is 2. The Morgan fingerprint density at radius 3 is 1.26 bits per heavy atom. The highest BCUT2D eigenvalue weighted by atomic mass is 79.9. The van der Waals surface area contributed by atoms with Crippen molar-refractivity contribution in [3.63, 3.8) is 0 Å². The maximum atomic E-state index is 3.60. The number of aryl methyl sites for hydroxylation is 4. The molecular weight excluding hydrogens is 416 g/mol. The van der Waals surface area contributed by atoms with Gasteiger partial charge < -0.3 is 9.80 Å². The fraction of sp³-hybridized carbons (Fsp3) is 0.368. The van der Waals surface area contributed by atoms with Gasteiger partial charge in [0, 0.05) is 33.4 Å². The lowest BCUT2D eigenvalue weighted by molar-refractivity contribution is 0.931. The Hall–Kier alpha value is -1.000. The highest BCUT2D eigenvalue weighted by Crippen LogP contribution is 2.34. The number of rotatable bonds is 2. The van der Waals surface area contributed by atoms with Crippen molar-refractivity contribution in [3.8, 4) is 0 Å². The molecule has 3 rings (SSSR count). The van der Waals surface area contributed by atoms with Crippen LogP contribution in [0.15, 0.2) is 33.2 Å². The molecule has 1 heterocycles. The number of hydrogen-bond acceptors (Lipinski definition) is 2. The van der Waals surface area contributed by atoms with Crippen molar-refractivity contribution in [1.29, 1.82) is 0 Å². The molecule has 0 saturated carbocycles. The lowest BCUT2D eigenvalue weighted by Crippen LogP contribution is -2.27. The molecule has 2 aromatic rings. The van der Waals surface area contributed by atoms with Crippen molar-refractivity contribution in [3.05, 3.63) is 55.5 Å². The van der Waals surface area contributed by atoms with Gasteiger partial charge in [-0.1, -0.05) is 31.9 Å². The molecule has 0 radical (unpaired) electrons. The highest BCUT2D eigenvalue weighted by molar-refractivity contribution is 9.10. The second-order valence-electron chi connectivity index (χ2n) is 6.44. The number of benzene rings is 2. The molecule has 0 bridgehead atoms. The first-order valence-corrected chi connectivity index (χ1v) is 9.49. The van der Waals surface area contributed by atoms with E-state index in [-0.39, 0.29) is 0 Å². The summed E-state index contributed by atoms with van der Waals surface area (Å²) in [7, 11) is 0. The van der Waals surface area contributed by atoms with Crippen LogP contribution in [-0.2, 0) is 0 Å². The standard InChI is InChI=1S/C19H22Br2N2/c1-12-7-16(20)8-13(2)18(12)22-5-6-23(11-22)19-14(3)9-17(21)10-15(19)4/h7-10H,5-6,11H2,1-4H3. The molecule has 1 fully saturated rings. The molecule has 122 valence electrons. The third-order valence-corrected chi connectivity index (χ3v) is 5.44. The van der Waals surface area contributed by atoms with Gasteiger partial charge in [-0.3, -0.25) is 0 Å². The average molecular weight is 438 g/mol. The summed E-state index contributed by atoms with van der Waals surface area (Å²) in [6, 6.07) is 8.84. The van der Waals surface area contributed by atoms with Crippen LogP contribution in [0.5, 0.6) is 0 Å². The maximum Gasteiger partial charge on any atom is 0.0904 e. The van der Waals surface area contributed by atoms with Gasteiger partial charge in [-0.2, -0.15) is 0 Å². The topological polar surface area (TPSA) is 6.48 Å². The minimum absolute atomic E-state index is 0.951. The molecule has 0 atom stereocenters. The van der Waals surface area contributed by atoms with E-state index >= 15 is 0 Å². The Morgan fingerprint density at radius 2 is 0.957 bits per heavy atom. The summed E-state index contributed by atoms with van der Waals surface area (Å²) >= 11 is 7.19. The second kappa shape index (κ2) is 6.48. The van der Waals surface area contributed by atoms with E-state index in [4.69, 9.17) is 0 Å². The third-order valence-electron chi connectivity index (χ3n) is 4.53. The normalized spacial score (nSPS) is 14.7. The van der Waals surface area contributed by atoms with Gasteiger partial charge in [0.15, 0.2) is 0 Å². The zero-order chi connectivity index (χ0) is 16.7. The second-order valence-corrected chi connectivity index (χ2v) is 8.28. The van der Waals surface area contributed by atoms with Gasteiger partial charge in [0.05, 0.1) is 6.67 Å². The van der Waals surface area contributed by atoms with Crippen LogP contribution in [0.4, 0.5) is 11.4 Å². The smallest absolute Gasteiger partial charge is 0.0904 e. The first-order chi connectivity index (χ1) is 10.9. The summed E-state index contributed by atoms with van der Waals surface area (Å²) in [6.07, 6.45) is 0. The average Bonchev–Trinajstić information content (AvgIpc) is 2.85. The Balaban J connectivity index is 1.91. The minimum atomic E-state index is 0.951. The zero-order valence-corrected chi connectivity index (χ0v) is 17.3. The van der Waals surface area contributed by atoms with Crippen molar-refractivity contribution < 1.29 is 0 Å². The molecule has 2 aromatic carbocycles. The summed E-state index contributed by atoms with van der Waals surface area (Å²) in [5.41, 5.74) is 8.10. The van der Waals surface area contributed by atoms with E-state index in [2.05, 4.69) is 93.6 Å². The molecule has 1 aliphatic heterocycles. The Morgan fingerprint density at radius 1 is 0.652 bits per heavy atom.